The van der Waals surface area contributed by atoms with Gasteiger partial charge in [0.25, 0.3) is 0 Å². The molecule has 1 aliphatic rings. The van der Waals surface area contributed by atoms with Crippen molar-refractivity contribution in [2.24, 2.45) is 11.7 Å². The molecule has 0 unspecified atom stereocenters. The Morgan fingerprint density at radius 2 is 1.68 bits per heavy atom. The molecule has 0 spiro atoms. The van der Waals surface area contributed by atoms with E-state index < -0.39 is 5.54 Å². The summed E-state index contributed by atoms with van der Waals surface area (Å²) in [4.78, 5) is 0. The largest absolute Gasteiger partial charge is 0.494 e. The number of aliphatic hydroxyl groups is 2. The Hall–Kier alpha value is -0.810. The number of hydrogen-bond acceptors (Lipinski definition) is 4. The molecule has 1 aromatic carbocycles. The van der Waals surface area contributed by atoms with E-state index in [0.29, 0.717) is 6.42 Å². The summed E-state index contributed by atoms with van der Waals surface area (Å²) in [5, 5.41) is 18.4. The van der Waals surface area contributed by atoms with Crippen molar-refractivity contribution in [1.29, 1.82) is 0 Å². The molecule has 0 atom stereocenters. The second-order valence-corrected chi connectivity index (χ2v) is 7.32. The maximum Gasteiger partial charge on any atom is 0.119 e. The van der Waals surface area contributed by atoms with Gasteiger partial charge in [-0.3, -0.25) is 0 Å². The Labute approximate surface area is 158 Å². The SMILES string of the molecule is Cl.NC(CO)(CO)CCc1ccc(OCCCC2CCCCC2)cc1. The molecule has 25 heavy (non-hydrogen) atoms. The first kappa shape index (κ1) is 22.2. The molecule has 1 fully saturated rings. The molecule has 144 valence electrons. The highest BCUT2D eigenvalue weighted by molar-refractivity contribution is 5.85. The summed E-state index contributed by atoms with van der Waals surface area (Å²) >= 11 is 0. The summed E-state index contributed by atoms with van der Waals surface area (Å²) in [6.45, 7) is 0.383. The summed E-state index contributed by atoms with van der Waals surface area (Å²) in [5.41, 5.74) is 6.14. The number of hydrogen-bond donors (Lipinski definition) is 3. The Kier molecular flexibility index (Phi) is 10.4. The van der Waals surface area contributed by atoms with Crippen molar-refractivity contribution in [2.45, 2.75) is 63.3 Å². The van der Waals surface area contributed by atoms with Gasteiger partial charge in [0.1, 0.15) is 5.75 Å². The normalized spacial score (nSPS) is 15.6. The average molecular weight is 372 g/mol. The van der Waals surface area contributed by atoms with Crippen molar-refractivity contribution < 1.29 is 14.9 Å². The van der Waals surface area contributed by atoms with Crippen LogP contribution in [0.5, 0.6) is 5.75 Å². The molecule has 0 bridgehead atoms. The highest BCUT2D eigenvalue weighted by Gasteiger charge is 2.22. The second-order valence-electron chi connectivity index (χ2n) is 7.32. The molecule has 0 heterocycles. The molecule has 5 heteroatoms. The first-order valence-corrected chi connectivity index (χ1v) is 9.37. The Bertz CT molecular complexity index is 457. The Morgan fingerprint density at radius 1 is 1.04 bits per heavy atom. The van der Waals surface area contributed by atoms with Gasteiger partial charge in [-0.25, -0.2) is 0 Å². The second kappa shape index (κ2) is 11.7. The zero-order valence-electron chi connectivity index (χ0n) is 15.2. The van der Waals surface area contributed by atoms with E-state index in [-0.39, 0.29) is 25.6 Å². The summed E-state index contributed by atoms with van der Waals surface area (Å²) in [5.74, 6) is 1.82. The van der Waals surface area contributed by atoms with Gasteiger partial charge in [0.15, 0.2) is 0 Å². The number of halogens is 1. The summed E-state index contributed by atoms with van der Waals surface area (Å²) in [6, 6.07) is 8.05. The van der Waals surface area contributed by atoms with Crippen molar-refractivity contribution in [3.05, 3.63) is 29.8 Å². The van der Waals surface area contributed by atoms with Gasteiger partial charge in [0.05, 0.1) is 25.4 Å². The minimum Gasteiger partial charge on any atom is -0.494 e. The van der Waals surface area contributed by atoms with Crippen LogP contribution in [0.1, 0.15) is 56.9 Å². The Balaban J connectivity index is 0.00000312. The molecule has 0 saturated heterocycles. The van der Waals surface area contributed by atoms with E-state index in [1.54, 1.807) is 0 Å². The van der Waals surface area contributed by atoms with Gasteiger partial charge < -0.3 is 20.7 Å². The molecule has 1 aliphatic carbocycles. The van der Waals surface area contributed by atoms with E-state index in [4.69, 9.17) is 10.5 Å². The van der Waals surface area contributed by atoms with E-state index in [1.807, 2.05) is 24.3 Å². The predicted octanol–water partition coefficient (Wildman–Crippen LogP) is 3.46. The van der Waals surface area contributed by atoms with E-state index in [0.717, 1.165) is 36.7 Å². The van der Waals surface area contributed by atoms with E-state index in [1.165, 1.54) is 38.5 Å². The third-order valence-electron chi connectivity index (χ3n) is 5.21. The van der Waals surface area contributed by atoms with Crippen molar-refractivity contribution in [3.8, 4) is 5.75 Å². The van der Waals surface area contributed by atoms with Crippen LogP contribution in [-0.2, 0) is 6.42 Å². The molecule has 1 saturated carbocycles. The Morgan fingerprint density at radius 3 is 2.28 bits per heavy atom. The van der Waals surface area contributed by atoms with Gasteiger partial charge in [-0.1, -0.05) is 44.2 Å². The highest BCUT2D eigenvalue weighted by atomic mass is 35.5. The third-order valence-corrected chi connectivity index (χ3v) is 5.21. The van der Waals surface area contributed by atoms with Crippen LogP contribution in [0.4, 0.5) is 0 Å². The number of rotatable bonds is 10. The lowest BCUT2D eigenvalue weighted by atomic mass is 9.86. The molecule has 0 radical (unpaired) electrons. The monoisotopic (exact) mass is 371 g/mol. The molecule has 4 N–H and O–H groups in total. The molecule has 2 rings (SSSR count). The fourth-order valence-electron chi connectivity index (χ4n) is 3.39. The van der Waals surface area contributed by atoms with Gasteiger partial charge in [-0.15, -0.1) is 12.4 Å². The van der Waals surface area contributed by atoms with Crippen molar-refractivity contribution >= 4 is 12.4 Å². The summed E-state index contributed by atoms with van der Waals surface area (Å²) in [7, 11) is 0. The maximum atomic E-state index is 9.22. The van der Waals surface area contributed by atoms with Crippen LogP contribution >= 0.6 is 12.4 Å². The zero-order valence-corrected chi connectivity index (χ0v) is 16.0. The molecular weight excluding hydrogens is 338 g/mol. The minimum absolute atomic E-state index is 0. The standard InChI is InChI=1S/C20H33NO3.ClH/c21-20(15-22,16-23)13-12-18-8-10-19(11-9-18)24-14-4-7-17-5-2-1-3-6-17;/h8-11,17,22-23H,1-7,12-16,21H2;1H. The van der Waals surface area contributed by atoms with Crippen molar-refractivity contribution in [1.82, 2.24) is 0 Å². The first-order chi connectivity index (χ1) is 11.6. The van der Waals surface area contributed by atoms with Crippen LogP contribution < -0.4 is 10.5 Å². The third kappa shape index (κ3) is 7.95. The molecule has 4 nitrogen and oxygen atoms in total. The fourth-order valence-corrected chi connectivity index (χ4v) is 3.39. The number of aliphatic hydroxyl groups excluding tert-OH is 2. The van der Waals surface area contributed by atoms with Crippen molar-refractivity contribution in [3.63, 3.8) is 0 Å². The van der Waals surface area contributed by atoms with Crippen LogP contribution in [0, 0.1) is 5.92 Å². The fraction of sp³-hybridized carbons (Fsp3) is 0.700. The van der Waals surface area contributed by atoms with Gasteiger partial charge >= 0.3 is 0 Å². The lowest BCUT2D eigenvalue weighted by Gasteiger charge is -2.24. The smallest absolute Gasteiger partial charge is 0.119 e. The minimum atomic E-state index is -0.895. The van der Waals surface area contributed by atoms with E-state index in [9.17, 15) is 10.2 Å². The van der Waals surface area contributed by atoms with E-state index in [2.05, 4.69) is 0 Å². The molecule has 0 amide bonds. The topological polar surface area (TPSA) is 75.7 Å². The molecule has 0 aliphatic heterocycles. The highest BCUT2D eigenvalue weighted by Crippen LogP contribution is 2.27. The number of ether oxygens (including phenoxy) is 1. The molecule has 1 aromatic rings. The van der Waals surface area contributed by atoms with Crippen LogP contribution in [0.2, 0.25) is 0 Å². The van der Waals surface area contributed by atoms with Gasteiger partial charge in [-0.05, 0) is 49.3 Å². The number of nitrogens with two attached hydrogens (primary N) is 1. The van der Waals surface area contributed by atoms with E-state index >= 15 is 0 Å². The summed E-state index contributed by atoms with van der Waals surface area (Å²) in [6.07, 6.45) is 10.8. The zero-order chi connectivity index (χ0) is 17.3. The average Bonchev–Trinajstić information content (AvgIpc) is 2.65. The number of benzene rings is 1. The lowest BCUT2D eigenvalue weighted by Crippen LogP contribution is -2.47. The molecular formula is C20H34ClNO3. The van der Waals surface area contributed by atoms with Crippen LogP contribution in [0.25, 0.3) is 0 Å². The van der Waals surface area contributed by atoms with Gasteiger partial charge in [0.2, 0.25) is 0 Å². The predicted molar refractivity (Wildman–Crippen MR) is 104 cm³/mol. The number of aryl methyl sites for hydroxylation is 1. The van der Waals surface area contributed by atoms with Crippen LogP contribution in [-0.4, -0.2) is 35.6 Å². The lowest BCUT2D eigenvalue weighted by molar-refractivity contribution is 0.115. The first-order valence-electron chi connectivity index (χ1n) is 9.37. The maximum absolute atomic E-state index is 9.22. The van der Waals surface area contributed by atoms with Gasteiger partial charge in [0, 0.05) is 0 Å². The van der Waals surface area contributed by atoms with Crippen molar-refractivity contribution in [2.75, 3.05) is 19.8 Å². The summed E-state index contributed by atoms with van der Waals surface area (Å²) < 4.78 is 5.84. The van der Waals surface area contributed by atoms with Crippen LogP contribution in [0.3, 0.4) is 0 Å². The van der Waals surface area contributed by atoms with Gasteiger partial charge in [-0.2, -0.15) is 0 Å². The van der Waals surface area contributed by atoms with Crippen LogP contribution in [0.15, 0.2) is 24.3 Å². The quantitative estimate of drug-likeness (QED) is 0.550. The molecule has 0 aromatic heterocycles.